The van der Waals surface area contributed by atoms with Gasteiger partial charge in [-0.15, -0.1) is 0 Å². The molecule has 0 spiro atoms. The number of ether oxygens (including phenoxy) is 2. The predicted octanol–water partition coefficient (Wildman–Crippen LogP) is 0.269. The van der Waals surface area contributed by atoms with Gasteiger partial charge < -0.3 is 22.4 Å². The van der Waals surface area contributed by atoms with Crippen molar-refractivity contribution in [1.29, 1.82) is 0 Å². The first kappa shape index (κ1) is 22.2. The average molecular weight is 381 g/mol. The molecule has 0 fully saturated rings. The quantitative estimate of drug-likeness (QED) is 0.554. The topological polar surface area (TPSA) is 57.5 Å². The number of esters is 1. The van der Waals surface area contributed by atoms with Gasteiger partial charge in [0, 0.05) is 0 Å². The van der Waals surface area contributed by atoms with Gasteiger partial charge in [0.25, 0.3) is 0 Å². The number of halogens is 3. The van der Waals surface area contributed by atoms with Gasteiger partial charge in [0.15, 0.2) is 0 Å². The van der Waals surface area contributed by atoms with Gasteiger partial charge in [-0.2, -0.15) is 0 Å². The fourth-order valence-electron chi connectivity index (χ4n) is 2.22. The average Bonchev–Trinajstić information content (AvgIpc) is 2.83. The molecule has 0 saturated carbocycles. The predicted molar refractivity (Wildman–Crippen MR) is 83.6 cm³/mol. The van der Waals surface area contributed by atoms with Gasteiger partial charge in [-0.3, -0.25) is 4.57 Å². The van der Waals surface area contributed by atoms with Crippen molar-refractivity contribution in [2.45, 2.75) is 26.4 Å². The van der Waals surface area contributed by atoms with E-state index in [0.717, 1.165) is 17.7 Å². The molecule has 0 aliphatic heterocycles. The van der Waals surface area contributed by atoms with Crippen LogP contribution in [0, 0.1) is 0 Å². The van der Waals surface area contributed by atoms with Crippen LogP contribution in [0.2, 0.25) is 0 Å². The second-order valence-electron chi connectivity index (χ2n) is 6.23. The SMILES string of the molecule is COC(=O)c1ccc2c(c1)c([B-](F)(F)F)cn2C(=O)OC(C)(C)C.[K+]. The first-order valence-corrected chi connectivity index (χ1v) is 7.10. The van der Waals surface area contributed by atoms with E-state index in [2.05, 4.69) is 4.74 Å². The number of nitrogens with zero attached hydrogens (tertiary/aromatic N) is 1. The Kier molecular flexibility index (Phi) is 6.96. The summed E-state index contributed by atoms with van der Waals surface area (Å²) in [6, 6.07) is 3.62. The Morgan fingerprint density at radius 3 is 2.24 bits per heavy atom. The molecule has 0 radical (unpaired) electrons. The van der Waals surface area contributed by atoms with Crippen LogP contribution in [0.3, 0.4) is 0 Å². The van der Waals surface area contributed by atoms with Gasteiger partial charge in [-0.25, -0.2) is 9.59 Å². The van der Waals surface area contributed by atoms with Crippen LogP contribution in [0.15, 0.2) is 24.4 Å². The van der Waals surface area contributed by atoms with Crippen LogP contribution < -0.4 is 56.8 Å². The van der Waals surface area contributed by atoms with Crippen LogP contribution in [0.25, 0.3) is 10.9 Å². The Labute approximate surface area is 185 Å². The number of carbonyl (C=O) groups excluding carboxylic acids is 2. The van der Waals surface area contributed by atoms with Gasteiger partial charge in [-0.1, -0.05) is 5.46 Å². The van der Waals surface area contributed by atoms with Crippen LogP contribution in [-0.4, -0.2) is 36.3 Å². The molecule has 0 aliphatic carbocycles. The molecule has 5 nitrogen and oxygen atoms in total. The van der Waals surface area contributed by atoms with E-state index < -0.39 is 30.1 Å². The summed E-state index contributed by atoms with van der Waals surface area (Å²) >= 11 is 0. The largest absolute Gasteiger partial charge is 1.00 e. The maximum atomic E-state index is 13.3. The number of hydrogen-bond acceptors (Lipinski definition) is 4. The zero-order valence-electron chi connectivity index (χ0n) is 14.6. The van der Waals surface area contributed by atoms with Crippen LogP contribution >= 0.6 is 0 Å². The van der Waals surface area contributed by atoms with Crippen molar-refractivity contribution < 1.29 is 83.4 Å². The van der Waals surface area contributed by atoms with E-state index in [4.69, 9.17) is 4.74 Å². The summed E-state index contributed by atoms with van der Waals surface area (Å²) in [4.78, 5) is 23.7. The van der Waals surface area contributed by atoms with Gasteiger partial charge >= 0.3 is 70.4 Å². The van der Waals surface area contributed by atoms with Crippen molar-refractivity contribution in [3.63, 3.8) is 0 Å². The third-order valence-electron chi connectivity index (χ3n) is 3.20. The Balaban J connectivity index is 0.00000312. The summed E-state index contributed by atoms with van der Waals surface area (Å²) in [5, 5.41) is -0.253. The van der Waals surface area contributed by atoms with Gasteiger partial charge in [0.05, 0.1) is 18.2 Å². The van der Waals surface area contributed by atoms with E-state index in [1.807, 2.05) is 0 Å². The van der Waals surface area contributed by atoms with Crippen molar-refractivity contribution in [2.75, 3.05) is 7.11 Å². The number of benzene rings is 1. The molecule has 0 saturated heterocycles. The molecule has 1 aromatic heterocycles. The third kappa shape index (κ3) is 5.10. The smallest absolute Gasteiger partial charge is 0.465 e. The minimum atomic E-state index is -5.39. The van der Waals surface area contributed by atoms with Gasteiger partial charge in [0.2, 0.25) is 0 Å². The fourth-order valence-corrected chi connectivity index (χ4v) is 2.22. The van der Waals surface area contributed by atoms with E-state index in [9.17, 15) is 22.5 Å². The number of aromatic nitrogens is 1. The summed E-state index contributed by atoms with van der Waals surface area (Å²) in [5.74, 6) is -0.762. The van der Waals surface area contributed by atoms with Crippen LogP contribution in [0.1, 0.15) is 31.1 Å². The third-order valence-corrected chi connectivity index (χ3v) is 3.20. The Morgan fingerprint density at radius 1 is 1.16 bits per heavy atom. The molecule has 0 N–H and O–H groups in total. The van der Waals surface area contributed by atoms with E-state index in [1.165, 1.54) is 12.1 Å². The molecular weight excluding hydrogens is 365 g/mol. The Bertz CT molecular complexity index is 811. The Morgan fingerprint density at radius 2 is 1.76 bits per heavy atom. The molecule has 0 bridgehead atoms. The first-order valence-electron chi connectivity index (χ1n) is 7.10. The van der Waals surface area contributed by atoms with E-state index in [1.54, 1.807) is 20.8 Å². The van der Waals surface area contributed by atoms with E-state index >= 15 is 0 Å². The zero-order chi connectivity index (χ0) is 18.3. The summed E-state index contributed by atoms with van der Waals surface area (Å²) in [5.41, 5.74) is -1.86. The molecule has 10 heteroatoms. The summed E-state index contributed by atoms with van der Waals surface area (Å²) < 4.78 is 50.4. The monoisotopic (exact) mass is 381 g/mol. The van der Waals surface area contributed by atoms with Gasteiger partial charge in [-0.05, 0) is 50.6 Å². The molecule has 0 unspecified atom stereocenters. The molecule has 1 heterocycles. The number of carbonyl (C=O) groups is 2. The molecule has 130 valence electrons. The molecule has 25 heavy (non-hydrogen) atoms. The van der Waals surface area contributed by atoms with Crippen LogP contribution in [-0.2, 0) is 9.47 Å². The normalized spacial score (nSPS) is 11.8. The molecular formula is C15H16BF3KNO4. The van der Waals surface area contributed by atoms with Gasteiger partial charge in [0.1, 0.15) is 5.60 Å². The summed E-state index contributed by atoms with van der Waals surface area (Å²) in [7, 11) is 1.13. The second kappa shape index (κ2) is 7.83. The number of hydrogen-bond donors (Lipinski definition) is 0. The summed E-state index contributed by atoms with van der Waals surface area (Å²) in [6.07, 6.45) is -0.232. The minimum Gasteiger partial charge on any atom is -0.465 e. The van der Waals surface area contributed by atoms with Crippen LogP contribution in [0.4, 0.5) is 17.7 Å². The number of fused-ring (bicyclic) bond motifs is 1. The minimum absolute atomic E-state index is 0. The molecule has 0 aliphatic rings. The second-order valence-corrected chi connectivity index (χ2v) is 6.23. The number of rotatable bonds is 2. The van der Waals surface area contributed by atoms with Crippen LogP contribution in [0.5, 0.6) is 0 Å². The van der Waals surface area contributed by atoms with E-state index in [0.29, 0.717) is 6.20 Å². The molecule has 0 amide bonds. The standard InChI is InChI=1S/C15H16BF3NO4.K/c1-15(2,3)24-14(22)20-8-11(16(17,18)19)10-7-9(13(21)23-4)5-6-12(10)20;/h5-8H,1-4H3;/q-1;+1. The van der Waals surface area contributed by atoms with Crippen molar-refractivity contribution >= 4 is 35.4 Å². The Hall–Kier alpha value is -0.809. The first-order chi connectivity index (χ1) is 10.9. The maximum Gasteiger partial charge on any atom is 1.00 e. The van der Waals surface area contributed by atoms with Crippen molar-refractivity contribution in [2.24, 2.45) is 0 Å². The van der Waals surface area contributed by atoms with Crippen molar-refractivity contribution in [3.05, 3.63) is 30.0 Å². The molecule has 2 rings (SSSR count). The van der Waals surface area contributed by atoms with E-state index in [-0.39, 0.29) is 67.9 Å². The maximum absolute atomic E-state index is 13.3. The molecule has 2 aromatic rings. The number of methoxy groups -OCH3 is 1. The fraction of sp³-hybridized carbons (Fsp3) is 0.333. The van der Waals surface area contributed by atoms with Crippen molar-refractivity contribution in [1.82, 2.24) is 4.57 Å². The zero-order valence-corrected chi connectivity index (χ0v) is 17.7. The summed E-state index contributed by atoms with van der Waals surface area (Å²) in [6.45, 7) is -0.550. The van der Waals surface area contributed by atoms with Crippen molar-refractivity contribution in [3.8, 4) is 0 Å². The molecule has 0 atom stereocenters. The molecule has 1 aromatic carbocycles.